The highest BCUT2D eigenvalue weighted by molar-refractivity contribution is 5.53. The minimum absolute atomic E-state index is 0.0720. The molecule has 1 atom stereocenters. The maximum atomic E-state index is 13.4. The van der Waals surface area contributed by atoms with E-state index in [2.05, 4.69) is 11.4 Å². The minimum Gasteiger partial charge on any atom is -0.394 e. The summed E-state index contributed by atoms with van der Waals surface area (Å²) in [6.07, 6.45) is 0.825. The topological polar surface area (TPSA) is 56.0 Å². The number of aliphatic hydroxyl groups excluding tert-OH is 1. The molecule has 2 aromatic rings. The average Bonchev–Trinajstić information content (AvgIpc) is 2.50. The largest absolute Gasteiger partial charge is 0.394 e. The minimum atomic E-state index is -0.365. The van der Waals surface area contributed by atoms with E-state index in [0.29, 0.717) is 12.1 Å². The molecule has 0 aliphatic carbocycles. The van der Waals surface area contributed by atoms with Gasteiger partial charge in [0.05, 0.1) is 25.1 Å². The number of nitrogens with zero attached hydrogens (tertiary/aromatic N) is 1. The molecule has 0 spiro atoms. The summed E-state index contributed by atoms with van der Waals surface area (Å²) < 4.78 is 13.4. The smallest absolute Gasteiger partial charge is 0.125 e. The van der Waals surface area contributed by atoms with Crippen LogP contribution in [0.5, 0.6) is 0 Å². The van der Waals surface area contributed by atoms with Crippen molar-refractivity contribution in [1.82, 2.24) is 0 Å². The fraction of sp³-hybridized carbons (Fsp3) is 0.235. The fourth-order valence-corrected chi connectivity index (χ4v) is 2.20. The maximum Gasteiger partial charge on any atom is 0.125 e. The Hall–Kier alpha value is -2.38. The Morgan fingerprint density at radius 3 is 2.62 bits per heavy atom. The number of rotatable bonds is 6. The van der Waals surface area contributed by atoms with Crippen LogP contribution < -0.4 is 5.32 Å². The van der Waals surface area contributed by atoms with E-state index in [1.807, 2.05) is 30.3 Å². The SMILES string of the molecule is N#CCc1ccc(F)cc1NC(CO)Cc1ccccc1. The molecular formula is C17H17FN2O. The zero-order chi connectivity index (χ0) is 15.1. The number of benzene rings is 2. The molecule has 3 nitrogen and oxygen atoms in total. The summed E-state index contributed by atoms with van der Waals surface area (Å²) in [6, 6.07) is 15.9. The van der Waals surface area contributed by atoms with Gasteiger partial charge < -0.3 is 10.4 Å². The summed E-state index contributed by atoms with van der Waals surface area (Å²) in [5, 5.41) is 21.5. The molecule has 2 N–H and O–H groups in total. The zero-order valence-electron chi connectivity index (χ0n) is 11.6. The van der Waals surface area contributed by atoms with Gasteiger partial charge in [0.2, 0.25) is 0 Å². The summed E-state index contributed by atoms with van der Waals surface area (Å²) in [5.41, 5.74) is 2.37. The highest BCUT2D eigenvalue weighted by Crippen LogP contribution is 2.19. The van der Waals surface area contributed by atoms with Crippen LogP contribution in [0, 0.1) is 17.1 Å². The number of anilines is 1. The summed E-state index contributed by atoms with van der Waals surface area (Å²) >= 11 is 0. The third-order valence-electron chi connectivity index (χ3n) is 3.25. The Morgan fingerprint density at radius 1 is 1.19 bits per heavy atom. The monoisotopic (exact) mass is 284 g/mol. The summed E-state index contributed by atoms with van der Waals surface area (Å²) in [4.78, 5) is 0. The highest BCUT2D eigenvalue weighted by atomic mass is 19.1. The van der Waals surface area contributed by atoms with Crippen LogP contribution >= 0.6 is 0 Å². The standard InChI is InChI=1S/C17H17FN2O/c18-15-7-6-14(8-9-19)17(11-15)20-16(12-21)10-13-4-2-1-3-5-13/h1-7,11,16,20-21H,8,10,12H2. The first kappa shape index (κ1) is 15.0. The first-order valence-corrected chi connectivity index (χ1v) is 6.79. The van der Waals surface area contributed by atoms with E-state index in [0.717, 1.165) is 11.1 Å². The van der Waals surface area contributed by atoms with Gasteiger partial charge >= 0.3 is 0 Å². The zero-order valence-corrected chi connectivity index (χ0v) is 11.6. The highest BCUT2D eigenvalue weighted by Gasteiger charge is 2.11. The maximum absolute atomic E-state index is 13.4. The third-order valence-corrected chi connectivity index (χ3v) is 3.25. The molecule has 0 saturated carbocycles. The van der Waals surface area contributed by atoms with E-state index in [1.165, 1.54) is 12.1 Å². The molecule has 0 radical (unpaired) electrons. The van der Waals surface area contributed by atoms with Gasteiger partial charge in [-0.25, -0.2) is 4.39 Å². The van der Waals surface area contributed by atoms with Gasteiger partial charge in [0.15, 0.2) is 0 Å². The molecule has 108 valence electrons. The molecule has 0 fully saturated rings. The molecular weight excluding hydrogens is 267 g/mol. The van der Waals surface area contributed by atoms with Gasteiger partial charge in [0.25, 0.3) is 0 Å². The Balaban J connectivity index is 2.15. The van der Waals surface area contributed by atoms with Crippen molar-refractivity contribution in [3.05, 3.63) is 65.5 Å². The van der Waals surface area contributed by atoms with Crippen LogP contribution in [-0.2, 0) is 12.8 Å². The van der Waals surface area contributed by atoms with Gasteiger partial charge in [-0.1, -0.05) is 36.4 Å². The number of nitriles is 1. The van der Waals surface area contributed by atoms with E-state index < -0.39 is 0 Å². The molecule has 0 amide bonds. The van der Waals surface area contributed by atoms with E-state index in [4.69, 9.17) is 5.26 Å². The van der Waals surface area contributed by atoms with Crippen molar-refractivity contribution in [3.8, 4) is 6.07 Å². The van der Waals surface area contributed by atoms with Crippen molar-refractivity contribution in [1.29, 1.82) is 5.26 Å². The van der Waals surface area contributed by atoms with E-state index in [9.17, 15) is 9.50 Å². The predicted molar refractivity (Wildman–Crippen MR) is 80.4 cm³/mol. The summed E-state index contributed by atoms with van der Waals surface area (Å²) in [5.74, 6) is -0.365. The lowest BCUT2D eigenvalue weighted by Gasteiger charge is -2.19. The van der Waals surface area contributed by atoms with Gasteiger partial charge in [-0.3, -0.25) is 0 Å². The van der Waals surface area contributed by atoms with Gasteiger partial charge in [0.1, 0.15) is 5.82 Å². The lowest BCUT2D eigenvalue weighted by Crippen LogP contribution is -2.27. The molecule has 0 heterocycles. The van der Waals surface area contributed by atoms with Crippen LogP contribution in [0.4, 0.5) is 10.1 Å². The molecule has 0 aliphatic heterocycles. The molecule has 0 bridgehead atoms. The van der Waals surface area contributed by atoms with Gasteiger partial charge in [0, 0.05) is 5.69 Å². The van der Waals surface area contributed by atoms with E-state index in [1.54, 1.807) is 6.07 Å². The fourth-order valence-electron chi connectivity index (χ4n) is 2.20. The van der Waals surface area contributed by atoms with E-state index >= 15 is 0 Å². The lowest BCUT2D eigenvalue weighted by molar-refractivity contribution is 0.273. The Bertz CT molecular complexity index is 622. The van der Waals surface area contributed by atoms with Crippen LogP contribution in [0.1, 0.15) is 11.1 Å². The first-order valence-electron chi connectivity index (χ1n) is 6.79. The molecule has 0 aromatic heterocycles. The van der Waals surface area contributed by atoms with Gasteiger partial charge in [-0.05, 0) is 29.7 Å². The van der Waals surface area contributed by atoms with Crippen molar-refractivity contribution < 1.29 is 9.50 Å². The average molecular weight is 284 g/mol. The van der Waals surface area contributed by atoms with Crippen LogP contribution in [0.3, 0.4) is 0 Å². The van der Waals surface area contributed by atoms with Crippen molar-refractivity contribution in [2.75, 3.05) is 11.9 Å². The normalized spacial score (nSPS) is 11.7. The lowest BCUT2D eigenvalue weighted by atomic mass is 10.0. The molecule has 1 unspecified atom stereocenters. The molecule has 2 rings (SSSR count). The second kappa shape index (κ2) is 7.41. The number of aliphatic hydroxyl groups is 1. The summed E-state index contributed by atoms with van der Waals surface area (Å²) in [6.45, 7) is -0.0720. The number of hydrogen-bond acceptors (Lipinski definition) is 3. The predicted octanol–water partition coefficient (Wildman–Crippen LogP) is 2.91. The Labute approximate surface area is 123 Å². The number of halogens is 1. The van der Waals surface area contributed by atoms with Crippen LogP contribution in [0.2, 0.25) is 0 Å². The molecule has 4 heteroatoms. The first-order chi connectivity index (χ1) is 10.2. The Morgan fingerprint density at radius 2 is 1.95 bits per heavy atom. The third kappa shape index (κ3) is 4.30. The van der Waals surface area contributed by atoms with Gasteiger partial charge in [-0.15, -0.1) is 0 Å². The van der Waals surface area contributed by atoms with Crippen molar-refractivity contribution in [3.63, 3.8) is 0 Å². The number of nitrogens with one attached hydrogen (secondary N) is 1. The van der Waals surface area contributed by atoms with Crippen molar-refractivity contribution >= 4 is 5.69 Å². The molecule has 2 aromatic carbocycles. The Kier molecular flexibility index (Phi) is 5.30. The second-order valence-corrected chi connectivity index (χ2v) is 4.85. The van der Waals surface area contributed by atoms with Gasteiger partial charge in [-0.2, -0.15) is 5.26 Å². The second-order valence-electron chi connectivity index (χ2n) is 4.85. The molecule has 0 aliphatic rings. The number of hydrogen-bond donors (Lipinski definition) is 2. The van der Waals surface area contributed by atoms with Crippen LogP contribution in [-0.4, -0.2) is 17.8 Å². The van der Waals surface area contributed by atoms with Crippen LogP contribution in [0.25, 0.3) is 0 Å². The van der Waals surface area contributed by atoms with Crippen LogP contribution in [0.15, 0.2) is 48.5 Å². The molecule has 21 heavy (non-hydrogen) atoms. The van der Waals surface area contributed by atoms with Crippen molar-refractivity contribution in [2.45, 2.75) is 18.9 Å². The quantitative estimate of drug-likeness (QED) is 0.857. The van der Waals surface area contributed by atoms with E-state index in [-0.39, 0.29) is 24.9 Å². The summed E-state index contributed by atoms with van der Waals surface area (Å²) in [7, 11) is 0. The van der Waals surface area contributed by atoms with Crippen molar-refractivity contribution in [2.24, 2.45) is 0 Å². The molecule has 0 saturated heterocycles.